The van der Waals surface area contributed by atoms with Crippen LogP contribution in [-0.4, -0.2) is 50.3 Å². The van der Waals surface area contributed by atoms with Crippen LogP contribution in [0.4, 0.5) is 5.69 Å². The van der Waals surface area contributed by atoms with E-state index in [0.29, 0.717) is 27.2 Å². The summed E-state index contributed by atoms with van der Waals surface area (Å²) in [4.78, 5) is 39.6. The van der Waals surface area contributed by atoms with Crippen LogP contribution in [-0.2, 0) is 21.4 Å². The highest BCUT2D eigenvalue weighted by Gasteiger charge is 2.62. The Morgan fingerprint density at radius 3 is 2.61 bits per heavy atom. The summed E-state index contributed by atoms with van der Waals surface area (Å²) in [7, 11) is 0. The summed E-state index contributed by atoms with van der Waals surface area (Å²) >= 11 is 21.0. The van der Waals surface area contributed by atoms with Crippen LogP contribution in [0.5, 0.6) is 5.75 Å². The molecule has 1 amide bonds. The molecule has 5 atom stereocenters. The van der Waals surface area contributed by atoms with E-state index in [1.807, 2.05) is 68.3 Å². The molecule has 3 aromatic carbocycles. The minimum absolute atomic E-state index is 0.0617. The number of hydrogen-bond donors (Lipinski definition) is 5. The third kappa shape index (κ3) is 4.83. The first-order chi connectivity index (χ1) is 26.9. The zero-order chi connectivity index (χ0) is 38.9. The highest BCUT2D eigenvalue weighted by Crippen LogP contribution is 2.62. The van der Waals surface area contributed by atoms with E-state index in [2.05, 4.69) is 20.9 Å². The van der Waals surface area contributed by atoms with Gasteiger partial charge in [-0.15, -0.1) is 0 Å². The van der Waals surface area contributed by atoms with Crippen molar-refractivity contribution in [2.75, 3.05) is 5.32 Å². The number of aliphatic hydroxyl groups is 1. The van der Waals surface area contributed by atoms with E-state index in [4.69, 9.17) is 58.3 Å². The summed E-state index contributed by atoms with van der Waals surface area (Å²) in [6.45, 7) is 7.41. The standard InChI is InChI=1S/C41H33Cl3N6O6/c1-15(2)29-38-48-31-34(56-38)41-21-10-17(11-24(37(53)47-29)45-25(14-51)32(52)16(3)4)8-9-26(21)54-40(41)49-30-20(12-18(42)13-22(30)41)19-6-5-7-23-27(19)28(35(43)46-23)33-36(44)50-39(31)55-33/h5-10,12-13,15-16,24,29,32,40,45-46,49,52H,11H2,1-4H3,(H,47,53)/t24-,29-,32-,40?,41?/m0/s1. The molecule has 284 valence electrons. The third-order valence-electron chi connectivity index (χ3n) is 11.3. The lowest BCUT2D eigenvalue weighted by Gasteiger charge is -2.29. The van der Waals surface area contributed by atoms with Crippen molar-refractivity contribution in [2.24, 2.45) is 11.8 Å². The highest BCUT2D eigenvalue weighted by atomic mass is 35.5. The summed E-state index contributed by atoms with van der Waals surface area (Å²) in [6.07, 6.45) is -1.80. The second-order valence-electron chi connectivity index (χ2n) is 15.4. The Labute approximate surface area is 334 Å². The number of amides is 1. The number of fused-ring (bicyclic) bond motifs is 7. The number of aliphatic hydroxyl groups excluding tert-OH is 1. The SMILES string of the molecule is CC(C)[C@H](O)C(=C=O)N[C@H]1Cc2ccc3c(c2)C24c5cc(Cl)cc(c5NC2O3)-c2cccc3[nH]c(Cl)c(c23)-c2oc(nc2Cl)-c2nc(oc24)[C@H](C(C)C)NC1=O. The molecule has 0 radical (unpaired) electrons. The largest absolute Gasteiger partial charge is 0.469 e. The van der Waals surface area contributed by atoms with Gasteiger partial charge in [-0.2, -0.15) is 4.98 Å². The van der Waals surface area contributed by atoms with E-state index < -0.39 is 35.7 Å². The zero-order valence-electron chi connectivity index (χ0n) is 30.3. The number of nitrogens with one attached hydrogen (secondary N) is 4. The maximum atomic E-state index is 14.3. The van der Waals surface area contributed by atoms with Crippen LogP contribution in [0.25, 0.3) is 44.9 Å². The van der Waals surface area contributed by atoms with Gasteiger partial charge in [-0.3, -0.25) is 4.79 Å². The predicted octanol–water partition coefficient (Wildman–Crippen LogP) is 7.96. The van der Waals surface area contributed by atoms with Crippen LogP contribution in [0.3, 0.4) is 0 Å². The minimum atomic E-state index is -1.23. The van der Waals surface area contributed by atoms with Gasteiger partial charge in [0.25, 0.3) is 5.89 Å². The second-order valence-corrected chi connectivity index (χ2v) is 16.6. The number of H-pyrrole nitrogens is 1. The molecule has 56 heavy (non-hydrogen) atoms. The Morgan fingerprint density at radius 1 is 1.02 bits per heavy atom. The zero-order valence-corrected chi connectivity index (χ0v) is 32.6. The number of aromatic nitrogens is 3. The minimum Gasteiger partial charge on any atom is -0.469 e. The summed E-state index contributed by atoms with van der Waals surface area (Å²) in [5.41, 5.74) is 4.71. The lowest BCUT2D eigenvalue weighted by atomic mass is 9.72. The average Bonchev–Trinajstić information content (AvgIpc) is 3.96. The van der Waals surface area contributed by atoms with Gasteiger partial charge in [0.05, 0.1) is 5.56 Å². The molecule has 0 aliphatic carbocycles. The first-order valence-electron chi connectivity index (χ1n) is 18.3. The Bertz CT molecular complexity index is 2730. The second kappa shape index (κ2) is 12.4. The molecular weight excluding hydrogens is 779 g/mol. The highest BCUT2D eigenvalue weighted by molar-refractivity contribution is 6.38. The molecule has 12 nitrogen and oxygen atoms in total. The molecule has 3 aromatic heterocycles. The average molecular weight is 812 g/mol. The Kier molecular flexibility index (Phi) is 7.78. The fraction of sp³-hybridized carbons (Fsp3) is 0.293. The topological polar surface area (TPSA) is 168 Å². The molecule has 15 heteroatoms. The van der Waals surface area contributed by atoms with E-state index in [-0.39, 0.29) is 52.3 Å². The molecule has 4 aliphatic heterocycles. The number of carbonyl (C=O) groups excluding carboxylic acids is 2. The fourth-order valence-corrected chi connectivity index (χ4v) is 9.39. The lowest BCUT2D eigenvalue weighted by molar-refractivity contribution is -0.124. The van der Waals surface area contributed by atoms with Gasteiger partial charge in [0.2, 0.25) is 11.8 Å². The van der Waals surface area contributed by atoms with Gasteiger partial charge in [0.1, 0.15) is 46.1 Å². The van der Waals surface area contributed by atoms with E-state index in [9.17, 15) is 14.7 Å². The van der Waals surface area contributed by atoms with Crippen molar-refractivity contribution in [3.8, 4) is 39.8 Å². The number of benzene rings is 3. The van der Waals surface area contributed by atoms with Gasteiger partial charge in [0, 0.05) is 44.7 Å². The molecule has 1 spiro atoms. The smallest absolute Gasteiger partial charge is 0.250 e. The van der Waals surface area contributed by atoms with Crippen LogP contribution in [0.15, 0.2) is 63.1 Å². The van der Waals surface area contributed by atoms with Crippen molar-refractivity contribution in [3.63, 3.8) is 0 Å². The van der Waals surface area contributed by atoms with Gasteiger partial charge in [-0.1, -0.05) is 86.8 Å². The molecule has 7 heterocycles. The van der Waals surface area contributed by atoms with Crippen LogP contribution in [0, 0.1) is 11.8 Å². The van der Waals surface area contributed by atoms with Crippen LogP contribution < -0.4 is 20.7 Å². The third-order valence-corrected chi connectivity index (χ3v) is 12.1. The molecule has 10 rings (SSSR count). The number of hydrogen-bond acceptors (Lipinski definition) is 10. The van der Waals surface area contributed by atoms with E-state index in [1.165, 1.54) is 0 Å². The number of oxazole rings is 2. The van der Waals surface area contributed by atoms with Gasteiger partial charge in [0.15, 0.2) is 28.6 Å². The van der Waals surface area contributed by atoms with Crippen LogP contribution >= 0.6 is 34.8 Å². The van der Waals surface area contributed by atoms with Crippen molar-refractivity contribution in [1.29, 1.82) is 0 Å². The van der Waals surface area contributed by atoms with Crippen LogP contribution in [0.2, 0.25) is 15.3 Å². The van der Waals surface area contributed by atoms with E-state index in [0.717, 1.165) is 44.4 Å². The first-order valence-corrected chi connectivity index (χ1v) is 19.4. The predicted molar refractivity (Wildman–Crippen MR) is 211 cm³/mol. The molecule has 0 fully saturated rings. The summed E-state index contributed by atoms with van der Waals surface area (Å²) in [5, 5.41) is 22.3. The van der Waals surface area contributed by atoms with Crippen molar-refractivity contribution in [3.05, 3.63) is 97.9 Å². The van der Waals surface area contributed by atoms with E-state index >= 15 is 0 Å². The quantitative estimate of drug-likeness (QED) is 0.108. The van der Waals surface area contributed by atoms with Gasteiger partial charge >= 0.3 is 0 Å². The van der Waals surface area contributed by atoms with Gasteiger partial charge in [-0.25, -0.2) is 9.78 Å². The molecule has 5 N–H and O–H groups in total. The summed E-state index contributed by atoms with van der Waals surface area (Å²) < 4.78 is 20.4. The van der Waals surface area contributed by atoms with Gasteiger partial charge < -0.3 is 39.6 Å². The number of anilines is 1. The lowest BCUT2D eigenvalue weighted by Crippen LogP contribution is -2.49. The normalized spacial score (nSPS) is 21.8. The monoisotopic (exact) mass is 810 g/mol. The molecule has 10 bridgehead atoms. The van der Waals surface area contributed by atoms with Gasteiger partial charge in [-0.05, 0) is 47.2 Å². The van der Waals surface area contributed by atoms with Crippen molar-refractivity contribution < 1.29 is 28.3 Å². The Balaban J connectivity index is 1.31. The maximum absolute atomic E-state index is 14.3. The van der Waals surface area contributed by atoms with Crippen molar-refractivity contribution in [1.82, 2.24) is 25.6 Å². The van der Waals surface area contributed by atoms with Crippen molar-refractivity contribution in [2.45, 2.75) is 63.9 Å². The van der Waals surface area contributed by atoms with E-state index in [1.54, 1.807) is 13.8 Å². The molecule has 0 saturated heterocycles. The number of carbonyl (C=O) groups is 1. The van der Waals surface area contributed by atoms with Crippen LogP contribution in [0.1, 0.15) is 62.1 Å². The molecule has 4 aliphatic rings. The molecule has 2 unspecified atom stereocenters. The first kappa shape index (κ1) is 35.2. The fourth-order valence-electron chi connectivity index (χ4n) is 8.68. The summed E-state index contributed by atoms with van der Waals surface area (Å²) in [6, 6.07) is 13.6. The number of halogens is 3. The summed E-state index contributed by atoms with van der Waals surface area (Å²) in [5.74, 6) is 2.22. The number of aromatic amines is 1. The molecule has 0 saturated carbocycles. The molecule has 6 aromatic rings. The molecular formula is C41H33Cl3N6O6. The van der Waals surface area contributed by atoms with Crippen molar-refractivity contribution >= 4 is 63.2 Å². The maximum Gasteiger partial charge on any atom is 0.250 e. The Morgan fingerprint density at radius 2 is 1.84 bits per heavy atom. The number of rotatable bonds is 5. The number of nitrogens with zero attached hydrogens (tertiary/aromatic N) is 2. The Hall–Kier alpha value is -5.23. The number of ether oxygens (including phenoxy) is 1.